The first-order chi connectivity index (χ1) is 9.22. The lowest BCUT2D eigenvalue weighted by atomic mass is 10.1. The minimum atomic E-state index is 0.0962. The second-order valence-corrected chi connectivity index (χ2v) is 4.19. The zero-order chi connectivity index (χ0) is 13.2. The lowest BCUT2D eigenvalue weighted by Gasteiger charge is -2.07. The van der Waals surface area contributed by atoms with Crippen LogP contribution in [0.4, 0.5) is 0 Å². The molecule has 1 aromatic heterocycles. The van der Waals surface area contributed by atoms with E-state index in [4.69, 9.17) is 9.26 Å². The van der Waals surface area contributed by atoms with Crippen LogP contribution in [-0.2, 0) is 6.61 Å². The zero-order valence-electron chi connectivity index (χ0n) is 10.3. The lowest BCUT2D eigenvalue weighted by Crippen LogP contribution is -1.97. The molecule has 0 spiro atoms. The summed E-state index contributed by atoms with van der Waals surface area (Å²) in [6.45, 7) is 1.87. The van der Waals surface area contributed by atoms with Gasteiger partial charge in [0, 0.05) is 6.92 Å². The molecule has 0 saturated heterocycles. The Morgan fingerprint density at radius 2 is 1.95 bits per heavy atom. The summed E-state index contributed by atoms with van der Waals surface area (Å²) in [7, 11) is 0. The Hall–Kier alpha value is -2.56. The van der Waals surface area contributed by atoms with Crippen LogP contribution in [0.5, 0.6) is 11.5 Å². The van der Waals surface area contributed by atoms with Crippen molar-refractivity contribution in [3.05, 3.63) is 48.1 Å². The molecule has 5 nitrogen and oxygen atoms in total. The Balaban J connectivity index is 1.86. The van der Waals surface area contributed by atoms with E-state index in [1.807, 2.05) is 24.3 Å². The molecule has 0 aliphatic heterocycles. The molecule has 0 amide bonds. The van der Waals surface area contributed by atoms with Crippen LogP contribution in [0.2, 0.25) is 0 Å². The molecule has 3 aromatic rings. The van der Waals surface area contributed by atoms with Gasteiger partial charge in [0.1, 0.15) is 0 Å². The Kier molecular flexibility index (Phi) is 2.79. The molecule has 0 radical (unpaired) electrons. The van der Waals surface area contributed by atoms with E-state index in [0.29, 0.717) is 17.5 Å². The first-order valence-corrected chi connectivity index (χ1v) is 5.86. The largest absolute Gasteiger partial charge is 0.504 e. The van der Waals surface area contributed by atoms with E-state index in [0.717, 1.165) is 10.8 Å². The number of rotatable bonds is 3. The third-order valence-corrected chi connectivity index (χ3v) is 2.75. The van der Waals surface area contributed by atoms with Gasteiger partial charge in [-0.15, -0.1) is 0 Å². The van der Waals surface area contributed by atoms with Crippen molar-refractivity contribution in [2.75, 3.05) is 0 Å². The maximum atomic E-state index is 9.90. The molecule has 96 valence electrons. The lowest BCUT2D eigenvalue weighted by molar-refractivity contribution is 0.273. The molecule has 0 bridgehead atoms. The summed E-state index contributed by atoms with van der Waals surface area (Å²) in [6.07, 6.45) is 0. The van der Waals surface area contributed by atoms with E-state index >= 15 is 0 Å². The van der Waals surface area contributed by atoms with Crippen LogP contribution >= 0.6 is 0 Å². The van der Waals surface area contributed by atoms with Crippen molar-refractivity contribution in [3.8, 4) is 11.5 Å². The average Bonchev–Trinajstić information content (AvgIpc) is 2.82. The fraction of sp³-hybridized carbons (Fsp3) is 0.143. The number of hydrogen-bond acceptors (Lipinski definition) is 5. The highest BCUT2D eigenvalue weighted by molar-refractivity contribution is 5.85. The van der Waals surface area contributed by atoms with Crippen molar-refractivity contribution < 1.29 is 14.4 Å². The summed E-state index contributed by atoms with van der Waals surface area (Å²) < 4.78 is 10.4. The number of ether oxygens (including phenoxy) is 1. The Morgan fingerprint density at radius 1 is 1.21 bits per heavy atom. The Morgan fingerprint density at radius 3 is 2.63 bits per heavy atom. The van der Waals surface area contributed by atoms with Gasteiger partial charge in [0.05, 0.1) is 0 Å². The number of hydrogen-bond donors (Lipinski definition) is 1. The number of fused-ring (bicyclic) bond motifs is 1. The predicted molar refractivity (Wildman–Crippen MR) is 69.0 cm³/mol. The van der Waals surface area contributed by atoms with Crippen LogP contribution in [0.3, 0.4) is 0 Å². The van der Waals surface area contributed by atoms with Gasteiger partial charge >= 0.3 is 0 Å². The fourth-order valence-corrected chi connectivity index (χ4v) is 1.87. The standard InChI is InChI=1S/C14H12N2O3/c1-9-15-14(16-19-9)8-18-13-7-11-5-3-2-4-10(11)6-12(13)17/h2-7,17H,8H2,1H3. The monoisotopic (exact) mass is 256 g/mol. The molecule has 0 fully saturated rings. The van der Waals surface area contributed by atoms with Crippen molar-refractivity contribution in [2.45, 2.75) is 13.5 Å². The molecule has 0 unspecified atom stereocenters. The van der Waals surface area contributed by atoms with Crippen LogP contribution in [0.1, 0.15) is 11.7 Å². The second kappa shape index (κ2) is 4.61. The smallest absolute Gasteiger partial charge is 0.223 e. The molecule has 3 rings (SSSR count). The normalized spacial score (nSPS) is 10.8. The van der Waals surface area contributed by atoms with E-state index < -0.39 is 0 Å². The molecule has 5 heteroatoms. The Labute approximate surface area is 109 Å². The third-order valence-electron chi connectivity index (χ3n) is 2.75. The predicted octanol–water partition coefficient (Wildman–Crippen LogP) is 2.82. The summed E-state index contributed by atoms with van der Waals surface area (Å²) in [5.74, 6) is 1.44. The highest BCUT2D eigenvalue weighted by Gasteiger charge is 2.08. The molecule has 0 saturated carbocycles. The Bertz CT molecular complexity index is 722. The molecular weight excluding hydrogens is 244 g/mol. The van der Waals surface area contributed by atoms with Gasteiger partial charge in [0.15, 0.2) is 18.1 Å². The van der Waals surface area contributed by atoms with Crippen LogP contribution in [0.25, 0.3) is 10.8 Å². The van der Waals surface area contributed by atoms with Gasteiger partial charge in [-0.3, -0.25) is 0 Å². The van der Waals surface area contributed by atoms with E-state index in [9.17, 15) is 5.11 Å². The zero-order valence-corrected chi connectivity index (χ0v) is 10.3. The third kappa shape index (κ3) is 2.35. The van der Waals surface area contributed by atoms with Crippen LogP contribution in [0.15, 0.2) is 40.9 Å². The first-order valence-electron chi connectivity index (χ1n) is 5.86. The summed E-state index contributed by atoms with van der Waals surface area (Å²) in [4.78, 5) is 4.03. The molecule has 1 heterocycles. The number of phenols is 1. The van der Waals surface area contributed by atoms with E-state index in [2.05, 4.69) is 10.1 Å². The first kappa shape index (κ1) is 11.5. The summed E-state index contributed by atoms with van der Waals surface area (Å²) in [5.41, 5.74) is 0. The van der Waals surface area contributed by atoms with Crippen LogP contribution < -0.4 is 4.74 Å². The van der Waals surface area contributed by atoms with Gasteiger partial charge < -0.3 is 14.4 Å². The molecule has 0 aliphatic rings. The average molecular weight is 256 g/mol. The van der Waals surface area contributed by atoms with Gasteiger partial charge in [-0.2, -0.15) is 4.98 Å². The number of aromatic nitrogens is 2. The molecule has 0 aliphatic carbocycles. The SMILES string of the molecule is Cc1nc(COc2cc3ccccc3cc2O)no1. The van der Waals surface area contributed by atoms with Crippen molar-refractivity contribution in [1.82, 2.24) is 10.1 Å². The quantitative estimate of drug-likeness (QED) is 0.780. The van der Waals surface area contributed by atoms with Crippen molar-refractivity contribution >= 4 is 10.8 Å². The van der Waals surface area contributed by atoms with Gasteiger partial charge in [-0.25, -0.2) is 0 Å². The van der Waals surface area contributed by atoms with Crippen molar-refractivity contribution in [1.29, 1.82) is 0 Å². The van der Waals surface area contributed by atoms with Crippen molar-refractivity contribution in [2.24, 2.45) is 0 Å². The minimum Gasteiger partial charge on any atom is -0.504 e. The van der Waals surface area contributed by atoms with E-state index in [1.54, 1.807) is 19.1 Å². The number of benzene rings is 2. The number of aryl methyl sites for hydroxylation is 1. The minimum absolute atomic E-state index is 0.0962. The number of aromatic hydroxyl groups is 1. The second-order valence-electron chi connectivity index (χ2n) is 4.19. The highest BCUT2D eigenvalue weighted by atomic mass is 16.5. The number of nitrogens with zero attached hydrogens (tertiary/aromatic N) is 2. The van der Waals surface area contributed by atoms with Crippen molar-refractivity contribution in [3.63, 3.8) is 0 Å². The van der Waals surface area contributed by atoms with Gasteiger partial charge in [0.25, 0.3) is 0 Å². The van der Waals surface area contributed by atoms with Crippen LogP contribution in [-0.4, -0.2) is 15.2 Å². The molecule has 0 atom stereocenters. The molecule has 19 heavy (non-hydrogen) atoms. The summed E-state index contributed by atoms with van der Waals surface area (Å²) in [5, 5.41) is 15.6. The number of phenolic OH excluding ortho intramolecular Hbond substituents is 1. The topological polar surface area (TPSA) is 68.4 Å². The van der Waals surface area contributed by atoms with Gasteiger partial charge in [-0.05, 0) is 22.9 Å². The maximum absolute atomic E-state index is 9.90. The van der Waals surface area contributed by atoms with Gasteiger partial charge in [0.2, 0.25) is 11.7 Å². The highest BCUT2D eigenvalue weighted by Crippen LogP contribution is 2.31. The summed E-state index contributed by atoms with van der Waals surface area (Å²) >= 11 is 0. The molecule has 1 N–H and O–H groups in total. The van der Waals surface area contributed by atoms with Crippen LogP contribution in [0, 0.1) is 6.92 Å². The fourth-order valence-electron chi connectivity index (χ4n) is 1.87. The van der Waals surface area contributed by atoms with E-state index in [1.165, 1.54) is 0 Å². The molecular formula is C14H12N2O3. The maximum Gasteiger partial charge on any atom is 0.223 e. The summed E-state index contributed by atoms with van der Waals surface area (Å²) in [6, 6.07) is 11.2. The molecule has 2 aromatic carbocycles. The van der Waals surface area contributed by atoms with E-state index in [-0.39, 0.29) is 12.4 Å². The van der Waals surface area contributed by atoms with Gasteiger partial charge in [-0.1, -0.05) is 29.4 Å².